The lowest BCUT2D eigenvalue weighted by Gasteiger charge is -2.39. The molecule has 0 aromatic carbocycles. The number of hydrazine groups is 1. The second-order valence-corrected chi connectivity index (χ2v) is 8.00. The van der Waals surface area contributed by atoms with Gasteiger partial charge in [-0.3, -0.25) is 14.5 Å². The van der Waals surface area contributed by atoms with E-state index in [1.54, 1.807) is 0 Å². The van der Waals surface area contributed by atoms with Gasteiger partial charge in [-0.05, 0) is 38.0 Å². The number of hydrogen-bond acceptors (Lipinski definition) is 6. The van der Waals surface area contributed by atoms with E-state index in [0.717, 1.165) is 32.6 Å². The lowest BCUT2D eigenvalue weighted by atomic mass is 9.75. The number of alkyl halides is 1. The Hall–Kier alpha value is -1.29. The maximum atomic E-state index is 14.5. The number of nitrogens with one attached hydrogen (secondary N) is 4. The molecule has 1 amide bonds. The van der Waals surface area contributed by atoms with Crippen LogP contribution < -0.4 is 21.5 Å². The van der Waals surface area contributed by atoms with Gasteiger partial charge in [-0.2, -0.15) is 0 Å². The summed E-state index contributed by atoms with van der Waals surface area (Å²) in [4.78, 5) is 26.5. The molecule has 3 aliphatic rings. The first-order chi connectivity index (χ1) is 13.0. The van der Waals surface area contributed by atoms with Crippen molar-refractivity contribution in [1.82, 2.24) is 26.4 Å². The van der Waals surface area contributed by atoms with Gasteiger partial charge in [0.1, 0.15) is 12.2 Å². The van der Waals surface area contributed by atoms with E-state index in [4.69, 9.17) is 0 Å². The minimum absolute atomic E-state index is 0.0790. The maximum Gasteiger partial charge on any atom is 0.308 e. The van der Waals surface area contributed by atoms with E-state index in [2.05, 4.69) is 26.4 Å². The van der Waals surface area contributed by atoms with Crippen LogP contribution >= 0.6 is 0 Å². The van der Waals surface area contributed by atoms with Crippen LogP contribution in [0.5, 0.6) is 0 Å². The molecule has 0 bridgehead atoms. The number of hydrogen-bond donors (Lipinski definition) is 5. The van der Waals surface area contributed by atoms with Gasteiger partial charge in [0.05, 0.1) is 12.1 Å². The van der Waals surface area contributed by atoms with Crippen molar-refractivity contribution in [2.45, 2.75) is 69.9 Å². The maximum absolute atomic E-state index is 14.5. The summed E-state index contributed by atoms with van der Waals surface area (Å²) in [5.74, 6) is -2.16. The molecule has 8 nitrogen and oxygen atoms in total. The van der Waals surface area contributed by atoms with Crippen molar-refractivity contribution in [1.29, 1.82) is 0 Å². The first kappa shape index (κ1) is 20.4. The van der Waals surface area contributed by atoms with Crippen molar-refractivity contribution >= 4 is 11.9 Å². The van der Waals surface area contributed by atoms with Crippen LogP contribution in [-0.4, -0.2) is 66.1 Å². The largest absolute Gasteiger partial charge is 0.481 e. The molecule has 3 rings (SSSR count). The van der Waals surface area contributed by atoms with Crippen LogP contribution in [0.2, 0.25) is 0 Å². The lowest BCUT2D eigenvalue weighted by molar-refractivity contribution is -0.146. The van der Waals surface area contributed by atoms with Crippen molar-refractivity contribution in [2.24, 2.45) is 11.8 Å². The normalized spacial score (nSPS) is 37.9. The molecule has 1 aliphatic carbocycles. The van der Waals surface area contributed by atoms with Crippen molar-refractivity contribution in [3.8, 4) is 0 Å². The highest BCUT2D eigenvalue weighted by Gasteiger charge is 2.42. The molecule has 27 heavy (non-hydrogen) atoms. The van der Waals surface area contributed by atoms with Gasteiger partial charge >= 0.3 is 5.97 Å². The third kappa shape index (κ3) is 4.96. The Morgan fingerprint density at radius 2 is 2.07 bits per heavy atom. The summed E-state index contributed by atoms with van der Waals surface area (Å²) in [5.41, 5.74) is 6.23. The number of carbonyl (C=O) groups excluding carboxylic acids is 1. The lowest BCUT2D eigenvalue weighted by Crippen LogP contribution is -2.63. The predicted molar refractivity (Wildman–Crippen MR) is 98.2 cm³/mol. The first-order valence-electron chi connectivity index (χ1n) is 10.1. The summed E-state index contributed by atoms with van der Waals surface area (Å²) in [6.45, 7) is 4.73. The number of halogens is 1. The fraction of sp³-hybridized carbons (Fsp3) is 0.889. The Kier molecular flexibility index (Phi) is 7.02. The number of nitrogens with zero attached hydrogens (tertiary/aromatic N) is 1. The Morgan fingerprint density at radius 3 is 2.67 bits per heavy atom. The number of carbonyl (C=O) groups is 2. The van der Waals surface area contributed by atoms with Crippen LogP contribution in [0.15, 0.2) is 0 Å². The van der Waals surface area contributed by atoms with E-state index < -0.39 is 30.1 Å². The van der Waals surface area contributed by atoms with Gasteiger partial charge in [0.2, 0.25) is 5.91 Å². The zero-order valence-corrected chi connectivity index (χ0v) is 15.9. The molecule has 2 saturated heterocycles. The topological polar surface area (TPSA) is 106 Å². The monoisotopic (exact) mass is 385 g/mol. The van der Waals surface area contributed by atoms with Crippen LogP contribution in [0.25, 0.3) is 0 Å². The molecule has 2 aliphatic heterocycles. The van der Waals surface area contributed by atoms with E-state index in [0.29, 0.717) is 12.8 Å². The minimum Gasteiger partial charge on any atom is -0.481 e. The molecule has 5 N–H and O–H groups in total. The van der Waals surface area contributed by atoms with E-state index >= 15 is 0 Å². The average Bonchev–Trinajstić information content (AvgIpc) is 3.18. The quantitative estimate of drug-likeness (QED) is 0.444. The highest BCUT2D eigenvalue weighted by atomic mass is 19.1. The SMILES string of the molecule is CCCC1CC(C(=O)O)C(NC(=O)C2CCC(N3CCNC3)NN2)CC1F. The number of carboxylic acid groups (broad SMARTS) is 1. The highest BCUT2D eigenvalue weighted by molar-refractivity contribution is 5.83. The van der Waals surface area contributed by atoms with Gasteiger partial charge in [-0.1, -0.05) is 13.3 Å². The van der Waals surface area contributed by atoms with Gasteiger partial charge in [0, 0.05) is 25.8 Å². The zero-order chi connectivity index (χ0) is 19.4. The van der Waals surface area contributed by atoms with Crippen LogP contribution in [0.3, 0.4) is 0 Å². The third-order valence-electron chi connectivity index (χ3n) is 6.14. The zero-order valence-electron chi connectivity index (χ0n) is 15.9. The van der Waals surface area contributed by atoms with Crippen molar-refractivity contribution in [3.63, 3.8) is 0 Å². The Morgan fingerprint density at radius 1 is 1.26 bits per heavy atom. The standard InChI is InChI=1S/C18H32FN5O3/c1-2-3-11-8-12(18(26)27)15(9-13(11)19)21-17(25)14-4-5-16(23-22-14)24-7-6-20-10-24/h11-16,20,22-23H,2-10H2,1H3,(H,21,25)(H,26,27). The molecule has 0 radical (unpaired) electrons. The molecule has 0 aromatic heterocycles. The van der Waals surface area contributed by atoms with E-state index in [1.165, 1.54) is 0 Å². The molecule has 0 spiro atoms. The highest BCUT2D eigenvalue weighted by Crippen LogP contribution is 2.35. The van der Waals surface area contributed by atoms with Crippen LogP contribution in [0.1, 0.15) is 45.4 Å². The molecule has 2 heterocycles. The molecule has 1 saturated carbocycles. The summed E-state index contributed by atoms with van der Waals surface area (Å²) in [6.07, 6.45) is 2.48. The van der Waals surface area contributed by atoms with Crippen molar-refractivity contribution in [3.05, 3.63) is 0 Å². The molecular formula is C18H32FN5O3. The summed E-state index contributed by atoms with van der Waals surface area (Å²) >= 11 is 0. The fourth-order valence-corrected chi connectivity index (χ4v) is 4.55. The smallest absolute Gasteiger partial charge is 0.308 e. The van der Waals surface area contributed by atoms with Gasteiger partial charge in [-0.25, -0.2) is 15.2 Å². The van der Waals surface area contributed by atoms with E-state index in [-0.39, 0.29) is 30.8 Å². The summed E-state index contributed by atoms with van der Waals surface area (Å²) in [7, 11) is 0. The van der Waals surface area contributed by atoms with Crippen LogP contribution in [0, 0.1) is 11.8 Å². The van der Waals surface area contributed by atoms with Crippen LogP contribution in [0.4, 0.5) is 4.39 Å². The van der Waals surface area contributed by atoms with Gasteiger partial charge in [-0.15, -0.1) is 0 Å². The van der Waals surface area contributed by atoms with E-state index in [9.17, 15) is 19.1 Å². The minimum atomic E-state index is -1.06. The first-order valence-corrected chi connectivity index (χ1v) is 10.1. The number of carboxylic acids is 1. The van der Waals surface area contributed by atoms with Gasteiger partial charge in [0.15, 0.2) is 0 Å². The number of amides is 1. The summed E-state index contributed by atoms with van der Waals surface area (Å²) in [5, 5.41) is 15.6. The Labute approximate surface area is 159 Å². The second kappa shape index (κ2) is 9.27. The van der Waals surface area contributed by atoms with Crippen LogP contribution in [-0.2, 0) is 9.59 Å². The molecule has 9 heteroatoms. The van der Waals surface area contributed by atoms with Crippen molar-refractivity contribution < 1.29 is 19.1 Å². The molecule has 6 atom stereocenters. The predicted octanol–water partition coefficient (Wildman–Crippen LogP) is 0.166. The third-order valence-corrected chi connectivity index (χ3v) is 6.14. The van der Waals surface area contributed by atoms with Gasteiger partial charge < -0.3 is 15.7 Å². The van der Waals surface area contributed by atoms with Crippen molar-refractivity contribution in [2.75, 3.05) is 19.8 Å². The fourth-order valence-electron chi connectivity index (χ4n) is 4.55. The molecule has 0 aromatic rings. The van der Waals surface area contributed by atoms with Gasteiger partial charge in [0.25, 0.3) is 0 Å². The second-order valence-electron chi connectivity index (χ2n) is 8.00. The average molecular weight is 385 g/mol. The summed E-state index contributed by atoms with van der Waals surface area (Å²) < 4.78 is 14.5. The summed E-state index contributed by atoms with van der Waals surface area (Å²) in [6, 6.07) is -1.09. The molecule has 3 fully saturated rings. The number of aliphatic carboxylic acids is 1. The Balaban J connectivity index is 1.52. The number of rotatable bonds is 6. The Bertz CT molecular complexity index is 523. The van der Waals surface area contributed by atoms with E-state index in [1.807, 2.05) is 6.92 Å². The molecular weight excluding hydrogens is 353 g/mol. The molecule has 154 valence electrons. The molecule has 6 unspecified atom stereocenters.